The van der Waals surface area contributed by atoms with E-state index in [0.29, 0.717) is 6.42 Å². The van der Waals surface area contributed by atoms with Crippen molar-refractivity contribution in [1.29, 1.82) is 0 Å². The van der Waals surface area contributed by atoms with Gasteiger partial charge >= 0.3 is 0 Å². The minimum Gasteiger partial charge on any atom is -0.396 e. The van der Waals surface area contributed by atoms with E-state index in [1.807, 2.05) is 6.07 Å². The van der Waals surface area contributed by atoms with Gasteiger partial charge in [0.1, 0.15) is 5.82 Å². The van der Waals surface area contributed by atoms with Gasteiger partial charge in [0.2, 0.25) is 0 Å². The molecule has 3 heteroatoms. The van der Waals surface area contributed by atoms with Crippen molar-refractivity contribution in [2.45, 2.75) is 6.42 Å². The summed E-state index contributed by atoms with van der Waals surface area (Å²) in [4.78, 5) is 3.02. The van der Waals surface area contributed by atoms with Crippen molar-refractivity contribution in [3.63, 3.8) is 0 Å². The van der Waals surface area contributed by atoms with Crippen molar-refractivity contribution >= 4 is 10.9 Å². The van der Waals surface area contributed by atoms with Crippen molar-refractivity contribution in [1.82, 2.24) is 4.98 Å². The Balaban J connectivity index is 2.63. The molecule has 0 aliphatic carbocycles. The summed E-state index contributed by atoms with van der Waals surface area (Å²) in [5, 5.41) is 9.62. The van der Waals surface area contributed by atoms with E-state index in [-0.39, 0.29) is 12.4 Å². The number of aromatic nitrogens is 1. The average molecular weight is 179 g/mol. The Hall–Kier alpha value is -1.35. The van der Waals surface area contributed by atoms with Crippen LogP contribution in [0.2, 0.25) is 0 Å². The van der Waals surface area contributed by atoms with Crippen LogP contribution in [-0.2, 0) is 6.42 Å². The minimum absolute atomic E-state index is 0.0393. The highest BCUT2D eigenvalue weighted by molar-refractivity contribution is 5.82. The van der Waals surface area contributed by atoms with Crippen molar-refractivity contribution in [3.05, 3.63) is 35.8 Å². The van der Waals surface area contributed by atoms with E-state index in [0.717, 1.165) is 16.5 Å². The average Bonchev–Trinajstić information content (AvgIpc) is 2.52. The molecule has 0 aliphatic rings. The van der Waals surface area contributed by atoms with Crippen molar-refractivity contribution in [2.24, 2.45) is 0 Å². The molecule has 0 radical (unpaired) electrons. The number of benzene rings is 1. The van der Waals surface area contributed by atoms with E-state index >= 15 is 0 Å². The molecule has 13 heavy (non-hydrogen) atoms. The summed E-state index contributed by atoms with van der Waals surface area (Å²) in [5.74, 6) is -0.254. The predicted octanol–water partition coefficient (Wildman–Crippen LogP) is 1.84. The first-order valence-corrected chi connectivity index (χ1v) is 4.17. The van der Waals surface area contributed by atoms with Crippen LogP contribution in [0, 0.1) is 5.82 Å². The molecule has 0 amide bonds. The van der Waals surface area contributed by atoms with Crippen molar-refractivity contribution < 1.29 is 9.50 Å². The molecule has 0 saturated heterocycles. The second kappa shape index (κ2) is 3.18. The second-order valence-electron chi connectivity index (χ2n) is 2.98. The maximum absolute atomic E-state index is 13.0. The third-order valence-corrected chi connectivity index (χ3v) is 2.09. The van der Waals surface area contributed by atoms with E-state index in [4.69, 9.17) is 5.11 Å². The lowest BCUT2D eigenvalue weighted by Crippen LogP contribution is -1.93. The van der Waals surface area contributed by atoms with Crippen LogP contribution in [0.5, 0.6) is 0 Å². The Labute approximate surface area is 75.0 Å². The van der Waals surface area contributed by atoms with Gasteiger partial charge in [0.25, 0.3) is 0 Å². The summed E-state index contributed by atoms with van der Waals surface area (Å²) in [6.45, 7) is 0.0393. The lowest BCUT2D eigenvalue weighted by atomic mass is 10.1. The van der Waals surface area contributed by atoms with E-state index in [2.05, 4.69) is 4.98 Å². The molecule has 0 bridgehead atoms. The summed E-state index contributed by atoms with van der Waals surface area (Å²) in [5.41, 5.74) is 1.73. The summed E-state index contributed by atoms with van der Waals surface area (Å²) in [6.07, 6.45) is 2.25. The van der Waals surface area contributed by atoms with Gasteiger partial charge < -0.3 is 10.1 Å². The highest BCUT2D eigenvalue weighted by Gasteiger charge is 2.03. The van der Waals surface area contributed by atoms with Gasteiger partial charge in [0, 0.05) is 23.7 Å². The van der Waals surface area contributed by atoms with Crippen LogP contribution in [0.1, 0.15) is 5.56 Å². The molecule has 0 atom stereocenters. The molecule has 68 valence electrons. The fourth-order valence-electron chi connectivity index (χ4n) is 1.53. The summed E-state index contributed by atoms with van der Waals surface area (Å²) in [6, 6.07) is 4.75. The fraction of sp³-hybridized carbons (Fsp3) is 0.200. The molecule has 2 nitrogen and oxygen atoms in total. The van der Waals surface area contributed by atoms with Crippen LogP contribution in [0.15, 0.2) is 24.4 Å². The van der Waals surface area contributed by atoms with Gasteiger partial charge in [0.15, 0.2) is 0 Å². The molecule has 0 saturated carbocycles. The Morgan fingerprint density at radius 2 is 2.23 bits per heavy atom. The maximum Gasteiger partial charge on any atom is 0.124 e. The Morgan fingerprint density at radius 3 is 3.00 bits per heavy atom. The molecule has 0 aliphatic heterocycles. The van der Waals surface area contributed by atoms with Gasteiger partial charge in [-0.25, -0.2) is 4.39 Å². The molecular formula is C10H10FNO. The van der Waals surface area contributed by atoms with Crippen LogP contribution in [0.25, 0.3) is 10.9 Å². The smallest absolute Gasteiger partial charge is 0.124 e. The molecule has 0 unspecified atom stereocenters. The van der Waals surface area contributed by atoms with E-state index < -0.39 is 0 Å². The van der Waals surface area contributed by atoms with Gasteiger partial charge in [-0.2, -0.15) is 0 Å². The molecular weight excluding hydrogens is 169 g/mol. The number of aromatic amines is 1. The number of hydrogen-bond donors (Lipinski definition) is 2. The van der Waals surface area contributed by atoms with Gasteiger partial charge in [-0.05, 0) is 30.2 Å². The SMILES string of the molecule is OCCc1cc(F)cc2cc[nH]c12. The fourth-order valence-corrected chi connectivity index (χ4v) is 1.53. The highest BCUT2D eigenvalue weighted by atomic mass is 19.1. The number of nitrogens with one attached hydrogen (secondary N) is 1. The largest absolute Gasteiger partial charge is 0.396 e. The van der Waals surface area contributed by atoms with Crippen molar-refractivity contribution in [3.8, 4) is 0 Å². The van der Waals surface area contributed by atoms with Crippen LogP contribution in [-0.4, -0.2) is 16.7 Å². The summed E-state index contributed by atoms with van der Waals surface area (Å²) >= 11 is 0. The zero-order valence-electron chi connectivity index (χ0n) is 7.05. The lowest BCUT2D eigenvalue weighted by molar-refractivity contribution is 0.300. The van der Waals surface area contributed by atoms with E-state index in [9.17, 15) is 4.39 Å². The summed E-state index contributed by atoms with van der Waals surface area (Å²) < 4.78 is 13.0. The van der Waals surface area contributed by atoms with Crippen molar-refractivity contribution in [2.75, 3.05) is 6.61 Å². The zero-order valence-corrected chi connectivity index (χ0v) is 7.05. The van der Waals surface area contributed by atoms with Crippen LogP contribution in [0.3, 0.4) is 0 Å². The molecule has 1 aromatic heterocycles. The van der Waals surface area contributed by atoms with Crippen LogP contribution >= 0.6 is 0 Å². The first-order chi connectivity index (χ1) is 6.31. The molecule has 1 aromatic carbocycles. The first-order valence-electron chi connectivity index (χ1n) is 4.17. The molecule has 2 N–H and O–H groups in total. The topological polar surface area (TPSA) is 36.0 Å². The van der Waals surface area contributed by atoms with Crippen LogP contribution < -0.4 is 0 Å². The number of fused-ring (bicyclic) bond motifs is 1. The Bertz CT molecular complexity index is 422. The quantitative estimate of drug-likeness (QED) is 0.725. The minimum atomic E-state index is -0.254. The molecule has 1 heterocycles. The van der Waals surface area contributed by atoms with Gasteiger partial charge in [0.05, 0.1) is 0 Å². The maximum atomic E-state index is 13.0. The predicted molar refractivity (Wildman–Crippen MR) is 49.0 cm³/mol. The van der Waals surface area contributed by atoms with Gasteiger partial charge in [-0.3, -0.25) is 0 Å². The number of hydrogen-bond acceptors (Lipinski definition) is 1. The summed E-state index contributed by atoms with van der Waals surface area (Å²) in [7, 11) is 0. The third-order valence-electron chi connectivity index (χ3n) is 2.09. The van der Waals surface area contributed by atoms with E-state index in [1.54, 1.807) is 6.20 Å². The highest BCUT2D eigenvalue weighted by Crippen LogP contribution is 2.19. The number of halogens is 1. The van der Waals surface area contributed by atoms with Gasteiger partial charge in [-0.1, -0.05) is 0 Å². The second-order valence-corrected chi connectivity index (χ2v) is 2.98. The molecule has 0 fully saturated rings. The Kier molecular flexibility index (Phi) is 2.02. The zero-order chi connectivity index (χ0) is 9.26. The number of aliphatic hydroxyl groups is 1. The van der Waals surface area contributed by atoms with Crippen LogP contribution in [0.4, 0.5) is 4.39 Å². The van der Waals surface area contributed by atoms with Gasteiger partial charge in [-0.15, -0.1) is 0 Å². The standard InChI is InChI=1S/C10H10FNO/c11-9-5-7-1-3-12-10(7)8(6-9)2-4-13/h1,3,5-6,12-13H,2,4H2. The monoisotopic (exact) mass is 179 g/mol. The Morgan fingerprint density at radius 1 is 1.38 bits per heavy atom. The lowest BCUT2D eigenvalue weighted by Gasteiger charge is -2.00. The first kappa shape index (κ1) is 8.26. The molecule has 2 aromatic rings. The molecule has 0 spiro atoms. The van der Waals surface area contributed by atoms with E-state index in [1.165, 1.54) is 12.1 Å². The third kappa shape index (κ3) is 1.42. The number of aliphatic hydroxyl groups excluding tert-OH is 1. The normalized spacial score (nSPS) is 10.9. The molecule has 2 rings (SSSR count). The number of H-pyrrole nitrogens is 1. The number of rotatable bonds is 2.